The summed E-state index contributed by atoms with van der Waals surface area (Å²) in [7, 11) is 4.28. The highest BCUT2D eigenvalue weighted by Crippen LogP contribution is 2.39. The van der Waals surface area contributed by atoms with Gasteiger partial charge in [0, 0.05) is 36.3 Å². The topological polar surface area (TPSA) is 8.17 Å². The van der Waals surface area contributed by atoms with Gasteiger partial charge >= 0.3 is 0 Å². The van der Waals surface area contributed by atoms with Crippen molar-refractivity contribution in [2.75, 3.05) is 7.05 Å². The highest BCUT2D eigenvalue weighted by atomic mass is 15.1. The van der Waals surface area contributed by atoms with E-state index in [2.05, 4.69) is 78.3 Å². The van der Waals surface area contributed by atoms with E-state index in [1.54, 1.807) is 0 Å². The van der Waals surface area contributed by atoms with Gasteiger partial charge in [0.05, 0.1) is 6.04 Å². The quantitative estimate of drug-likeness (QED) is 0.693. The Labute approximate surface area is 112 Å². The Balaban J connectivity index is 2.10. The van der Waals surface area contributed by atoms with Gasteiger partial charge in [0.1, 0.15) is 0 Å². The molecule has 0 fully saturated rings. The molecule has 4 rings (SSSR count). The first kappa shape index (κ1) is 10.7. The van der Waals surface area contributed by atoms with E-state index in [-0.39, 0.29) is 0 Å². The molecule has 2 aromatic rings. The molecule has 1 aromatic heterocycles. The average Bonchev–Trinajstić information content (AvgIpc) is 2.74. The summed E-state index contributed by atoms with van der Waals surface area (Å²) < 4.78 is 2.29. The summed E-state index contributed by atoms with van der Waals surface area (Å²) in [6, 6.07) is 9.02. The van der Waals surface area contributed by atoms with Crippen LogP contribution in [-0.2, 0) is 7.05 Å². The largest absolute Gasteiger partial charge is 0.370 e. The van der Waals surface area contributed by atoms with Crippen LogP contribution in [0.3, 0.4) is 0 Å². The minimum absolute atomic E-state index is 0.364. The van der Waals surface area contributed by atoms with E-state index < -0.39 is 0 Å². The molecule has 1 aliphatic carbocycles. The first-order chi connectivity index (χ1) is 9.27. The molecule has 0 N–H and O–H groups in total. The van der Waals surface area contributed by atoms with Crippen molar-refractivity contribution in [3.63, 3.8) is 0 Å². The van der Waals surface area contributed by atoms with Crippen LogP contribution >= 0.6 is 0 Å². The maximum absolute atomic E-state index is 2.29. The summed E-state index contributed by atoms with van der Waals surface area (Å²) in [5, 5.41) is 1.35. The molecular formula is C17H16N2. The SMILES string of the molecule is CN1C=CC=C2c3c(n(C)c4ccccc34)C=CC21. The molecule has 0 amide bonds. The summed E-state index contributed by atoms with van der Waals surface area (Å²) in [5.41, 5.74) is 5.41. The van der Waals surface area contributed by atoms with E-state index >= 15 is 0 Å². The second-order valence-corrected chi connectivity index (χ2v) is 5.27. The fraction of sp³-hybridized carbons (Fsp3) is 0.176. The Morgan fingerprint density at radius 2 is 1.95 bits per heavy atom. The summed E-state index contributed by atoms with van der Waals surface area (Å²) >= 11 is 0. The lowest BCUT2D eigenvalue weighted by molar-refractivity contribution is 0.443. The van der Waals surface area contributed by atoms with Crippen molar-refractivity contribution in [2.24, 2.45) is 7.05 Å². The number of fused-ring (bicyclic) bond motifs is 5. The Bertz CT molecular complexity index is 759. The third-order valence-electron chi connectivity index (χ3n) is 4.23. The minimum atomic E-state index is 0.364. The molecule has 0 bridgehead atoms. The lowest BCUT2D eigenvalue weighted by Gasteiger charge is -2.32. The highest BCUT2D eigenvalue weighted by molar-refractivity contribution is 6.01. The van der Waals surface area contributed by atoms with Crippen LogP contribution in [0.15, 0.2) is 48.7 Å². The summed E-state index contributed by atoms with van der Waals surface area (Å²) in [6.07, 6.45) is 11.1. The van der Waals surface area contributed by atoms with Crippen LogP contribution in [0.25, 0.3) is 22.6 Å². The number of aryl methyl sites for hydroxylation is 1. The van der Waals surface area contributed by atoms with Gasteiger partial charge in [-0.25, -0.2) is 0 Å². The molecule has 2 heterocycles. The average molecular weight is 248 g/mol. The molecule has 0 saturated carbocycles. The lowest BCUT2D eigenvalue weighted by Crippen LogP contribution is -2.29. The second-order valence-electron chi connectivity index (χ2n) is 5.27. The molecule has 1 aliphatic heterocycles. The van der Waals surface area contributed by atoms with Crippen molar-refractivity contribution in [2.45, 2.75) is 6.04 Å². The van der Waals surface area contributed by atoms with Gasteiger partial charge in [-0.1, -0.05) is 30.4 Å². The number of para-hydroxylation sites is 1. The van der Waals surface area contributed by atoms with Crippen LogP contribution in [0.2, 0.25) is 0 Å². The smallest absolute Gasteiger partial charge is 0.0728 e. The molecule has 1 atom stereocenters. The number of nitrogens with zero attached hydrogens (tertiary/aromatic N) is 2. The normalized spacial score (nSPS) is 20.4. The Morgan fingerprint density at radius 3 is 2.84 bits per heavy atom. The molecular weight excluding hydrogens is 232 g/mol. The number of rotatable bonds is 0. The van der Waals surface area contributed by atoms with Crippen molar-refractivity contribution in [1.29, 1.82) is 0 Å². The Kier molecular flexibility index (Phi) is 2.05. The molecule has 19 heavy (non-hydrogen) atoms. The number of benzene rings is 1. The van der Waals surface area contributed by atoms with E-state index in [0.717, 1.165) is 0 Å². The van der Waals surface area contributed by atoms with Gasteiger partial charge in [-0.3, -0.25) is 0 Å². The predicted octanol–water partition coefficient (Wildman–Crippen LogP) is 3.42. The van der Waals surface area contributed by atoms with Gasteiger partial charge < -0.3 is 9.47 Å². The molecule has 0 radical (unpaired) electrons. The summed E-state index contributed by atoms with van der Waals surface area (Å²) in [6.45, 7) is 0. The molecule has 2 nitrogen and oxygen atoms in total. The van der Waals surface area contributed by atoms with Gasteiger partial charge in [0.15, 0.2) is 0 Å². The van der Waals surface area contributed by atoms with E-state index in [0.29, 0.717) is 6.04 Å². The fourth-order valence-corrected chi connectivity index (χ4v) is 3.26. The Hall–Kier alpha value is -2.22. The Morgan fingerprint density at radius 1 is 1.11 bits per heavy atom. The van der Waals surface area contributed by atoms with Crippen molar-refractivity contribution in [3.05, 3.63) is 60.0 Å². The van der Waals surface area contributed by atoms with Gasteiger partial charge in [0.25, 0.3) is 0 Å². The zero-order valence-electron chi connectivity index (χ0n) is 11.2. The lowest BCUT2D eigenvalue weighted by atomic mass is 9.89. The third-order valence-corrected chi connectivity index (χ3v) is 4.23. The predicted molar refractivity (Wildman–Crippen MR) is 80.6 cm³/mol. The molecule has 0 spiro atoms. The summed E-state index contributed by atoms with van der Waals surface area (Å²) in [4.78, 5) is 2.26. The van der Waals surface area contributed by atoms with Crippen LogP contribution in [-0.4, -0.2) is 22.6 Å². The van der Waals surface area contributed by atoms with Crippen LogP contribution in [0.5, 0.6) is 0 Å². The molecule has 0 saturated heterocycles. The van der Waals surface area contributed by atoms with E-state index in [1.807, 2.05) is 0 Å². The number of hydrogen-bond acceptors (Lipinski definition) is 1. The first-order valence-electron chi connectivity index (χ1n) is 6.63. The standard InChI is InChI=1S/C17H16N2/c1-18-11-5-7-12-14(18)9-10-16-17(12)13-6-3-4-8-15(13)19(16)2/h3-11,14H,1-2H3. The maximum Gasteiger partial charge on any atom is 0.0728 e. The van der Waals surface area contributed by atoms with Crippen molar-refractivity contribution in [3.8, 4) is 0 Å². The van der Waals surface area contributed by atoms with E-state index in [4.69, 9.17) is 0 Å². The molecule has 2 heteroatoms. The van der Waals surface area contributed by atoms with Gasteiger partial charge in [0.2, 0.25) is 0 Å². The molecule has 1 aromatic carbocycles. The van der Waals surface area contributed by atoms with Gasteiger partial charge in [-0.15, -0.1) is 0 Å². The maximum atomic E-state index is 2.29. The molecule has 94 valence electrons. The van der Waals surface area contributed by atoms with E-state index in [1.165, 1.54) is 27.7 Å². The number of likely N-dealkylation sites (N-methyl/N-ethyl adjacent to an activating group) is 1. The molecule has 2 aliphatic rings. The van der Waals surface area contributed by atoms with Crippen molar-refractivity contribution < 1.29 is 0 Å². The van der Waals surface area contributed by atoms with Crippen molar-refractivity contribution >= 4 is 22.6 Å². The fourth-order valence-electron chi connectivity index (χ4n) is 3.26. The van der Waals surface area contributed by atoms with Crippen LogP contribution in [0.1, 0.15) is 11.3 Å². The number of allylic oxidation sites excluding steroid dienone is 2. The monoisotopic (exact) mass is 248 g/mol. The molecule has 1 unspecified atom stereocenters. The highest BCUT2D eigenvalue weighted by Gasteiger charge is 2.27. The van der Waals surface area contributed by atoms with Gasteiger partial charge in [-0.05, 0) is 30.0 Å². The summed E-state index contributed by atoms with van der Waals surface area (Å²) in [5.74, 6) is 0. The number of hydrogen-bond donors (Lipinski definition) is 0. The second kappa shape index (κ2) is 3.64. The first-order valence-corrected chi connectivity index (χ1v) is 6.63. The van der Waals surface area contributed by atoms with Crippen molar-refractivity contribution in [1.82, 2.24) is 9.47 Å². The van der Waals surface area contributed by atoms with Gasteiger partial charge in [-0.2, -0.15) is 0 Å². The zero-order chi connectivity index (χ0) is 13.0. The number of aromatic nitrogens is 1. The van der Waals surface area contributed by atoms with Crippen LogP contribution in [0, 0.1) is 0 Å². The zero-order valence-corrected chi connectivity index (χ0v) is 11.2. The van der Waals surface area contributed by atoms with Crippen LogP contribution in [0.4, 0.5) is 0 Å². The van der Waals surface area contributed by atoms with Crippen LogP contribution < -0.4 is 0 Å². The van der Waals surface area contributed by atoms with E-state index in [9.17, 15) is 0 Å². The minimum Gasteiger partial charge on any atom is -0.370 e. The third kappa shape index (κ3) is 1.31.